The minimum atomic E-state index is -3.84. The zero-order valence-corrected chi connectivity index (χ0v) is 17.7. The lowest BCUT2D eigenvalue weighted by Gasteiger charge is -2.32. The topological polar surface area (TPSA) is 64.7 Å². The van der Waals surface area contributed by atoms with Crippen LogP contribution >= 0.6 is 0 Å². The van der Waals surface area contributed by atoms with E-state index in [4.69, 9.17) is 0 Å². The fraction of sp³-hybridized carbons (Fsp3) is 0.400. The number of likely N-dealkylation sites (N-methyl/N-ethyl adjacent to an activating group) is 1. The monoisotopic (exact) mass is 442 g/mol. The fourth-order valence-electron chi connectivity index (χ4n) is 3.15. The van der Waals surface area contributed by atoms with E-state index in [1.807, 2.05) is 11.9 Å². The molecule has 1 aliphatic rings. The molecule has 10 heteroatoms. The normalized spacial score (nSPS) is 15.9. The lowest BCUT2D eigenvalue weighted by molar-refractivity contribution is 0.161. The first kappa shape index (κ1) is 22.4. The largest absolute Gasteiger partial charge is 0.349 e. The predicted molar refractivity (Wildman–Crippen MR) is 112 cm³/mol. The van der Waals surface area contributed by atoms with E-state index in [9.17, 15) is 21.6 Å². The van der Waals surface area contributed by atoms with Crippen LogP contribution in [-0.2, 0) is 10.0 Å². The quantitative estimate of drug-likeness (QED) is 0.690. The van der Waals surface area contributed by atoms with Gasteiger partial charge in [-0.15, -0.1) is 0 Å². The Morgan fingerprint density at radius 3 is 2.30 bits per heavy atom. The molecule has 0 spiro atoms. The highest BCUT2D eigenvalue weighted by Crippen LogP contribution is 2.32. The van der Waals surface area contributed by atoms with E-state index in [1.54, 1.807) is 13.0 Å². The molecule has 1 saturated heterocycles. The summed E-state index contributed by atoms with van der Waals surface area (Å²) in [6.45, 7) is 5.24. The van der Waals surface area contributed by atoms with Gasteiger partial charge in [-0.25, -0.2) is 21.6 Å². The average Bonchev–Trinajstić information content (AvgIpc) is 2.69. The van der Waals surface area contributed by atoms with Gasteiger partial charge < -0.3 is 10.2 Å². The smallest absolute Gasteiger partial charge is 0.234 e. The Hall–Kier alpha value is -2.30. The third-order valence-corrected chi connectivity index (χ3v) is 6.27. The Morgan fingerprint density at radius 1 is 0.967 bits per heavy atom. The van der Waals surface area contributed by atoms with Crippen LogP contribution in [0, 0.1) is 24.4 Å². The number of benzene rings is 2. The Labute approximate surface area is 174 Å². The Morgan fingerprint density at radius 2 is 1.63 bits per heavy atom. The van der Waals surface area contributed by atoms with Gasteiger partial charge in [-0.05, 0) is 43.8 Å². The van der Waals surface area contributed by atoms with Crippen LogP contribution < -0.4 is 10.0 Å². The first-order chi connectivity index (χ1) is 14.1. The molecule has 0 bridgehead atoms. The maximum absolute atomic E-state index is 14.4. The summed E-state index contributed by atoms with van der Waals surface area (Å²) in [5, 5.41) is 2.48. The third-order valence-electron chi connectivity index (χ3n) is 5.02. The molecule has 164 valence electrons. The molecule has 1 fully saturated rings. The van der Waals surface area contributed by atoms with Gasteiger partial charge in [-0.2, -0.15) is 0 Å². The average molecular weight is 443 g/mol. The maximum Gasteiger partial charge on any atom is 0.234 e. The number of nitrogens with zero attached hydrogens (tertiary/aromatic N) is 2. The van der Waals surface area contributed by atoms with E-state index in [2.05, 4.69) is 14.9 Å². The van der Waals surface area contributed by atoms with Crippen molar-refractivity contribution in [2.75, 3.05) is 55.6 Å². The Balaban J connectivity index is 1.77. The van der Waals surface area contributed by atoms with Gasteiger partial charge in [0, 0.05) is 32.7 Å². The van der Waals surface area contributed by atoms with Crippen molar-refractivity contribution in [3.05, 3.63) is 53.3 Å². The van der Waals surface area contributed by atoms with E-state index in [0.717, 1.165) is 38.3 Å². The summed E-state index contributed by atoms with van der Waals surface area (Å²) in [5.74, 6) is -3.34. The summed E-state index contributed by atoms with van der Waals surface area (Å²) in [6, 6.07) is 6.15. The van der Waals surface area contributed by atoms with Gasteiger partial charge in [-0.3, -0.25) is 9.62 Å². The summed E-state index contributed by atoms with van der Waals surface area (Å²) < 4.78 is 69.8. The highest BCUT2D eigenvalue weighted by Gasteiger charge is 2.21. The van der Waals surface area contributed by atoms with Gasteiger partial charge in [0.1, 0.15) is 11.5 Å². The van der Waals surface area contributed by atoms with E-state index >= 15 is 0 Å². The van der Waals surface area contributed by atoms with E-state index in [-0.39, 0.29) is 17.1 Å². The number of piperazine rings is 1. The molecule has 30 heavy (non-hydrogen) atoms. The molecule has 0 aliphatic carbocycles. The zero-order chi connectivity index (χ0) is 21.9. The Kier molecular flexibility index (Phi) is 6.89. The number of sulfonamides is 1. The summed E-state index contributed by atoms with van der Waals surface area (Å²) in [7, 11) is -1.83. The van der Waals surface area contributed by atoms with Crippen LogP contribution in [0.4, 0.5) is 30.2 Å². The lowest BCUT2D eigenvalue weighted by atomic mass is 10.2. The SMILES string of the molecule is Cc1ccc(Nc2c(NS(=O)(=O)CCN3CCN(C)CC3)ccc(F)c2F)c(F)c1. The fourth-order valence-corrected chi connectivity index (χ4v) is 4.26. The van der Waals surface area contributed by atoms with Gasteiger partial charge in [0.05, 0.1) is 17.1 Å². The molecule has 0 radical (unpaired) electrons. The number of rotatable bonds is 7. The molecule has 2 aromatic carbocycles. The number of aryl methyl sites for hydroxylation is 1. The number of hydrogen-bond donors (Lipinski definition) is 2. The first-order valence-electron chi connectivity index (χ1n) is 9.57. The molecular formula is C20H25F3N4O2S. The second kappa shape index (κ2) is 9.23. The molecule has 2 aromatic rings. The molecule has 0 atom stereocenters. The van der Waals surface area contributed by atoms with Crippen molar-refractivity contribution < 1.29 is 21.6 Å². The van der Waals surface area contributed by atoms with Crippen LogP contribution in [0.5, 0.6) is 0 Å². The number of halogens is 3. The molecule has 0 amide bonds. The summed E-state index contributed by atoms with van der Waals surface area (Å²) in [6.07, 6.45) is 0. The van der Waals surface area contributed by atoms with Crippen molar-refractivity contribution in [2.24, 2.45) is 0 Å². The van der Waals surface area contributed by atoms with Crippen molar-refractivity contribution in [3.63, 3.8) is 0 Å². The first-order valence-corrected chi connectivity index (χ1v) is 11.2. The van der Waals surface area contributed by atoms with Gasteiger partial charge >= 0.3 is 0 Å². The summed E-state index contributed by atoms with van der Waals surface area (Å²) in [5.41, 5.74) is -0.0984. The van der Waals surface area contributed by atoms with Crippen LogP contribution in [0.25, 0.3) is 0 Å². The van der Waals surface area contributed by atoms with Crippen LogP contribution in [0.3, 0.4) is 0 Å². The molecule has 6 nitrogen and oxygen atoms in total. The molecule has 2 N–H and O–H groups in total. The summed E-state index contributed by atoms with van der Waals surface area (Å²) >= 11 is 0. The van der Waals surface area contributed by atoms with Gasteiger partial charge in [0.2, 0.25) is 10.0 Å². The lowest BCUT2D eigenvalue weighted by Crippen LogP contribution is -2.46. The van der Waals surface area contributed by atoms with Gasteiger partial charge in [0.15, 0.2) is 11.6 Å². The second-order valence-corrected chi connectivity index (χ2v) is 9.30. The van der Waals surface area contributed by atoms with E-state index in [1.165, 1.54) is 12.1 Å². The van der Waals surface area contributed by atoms with Crippen molar-refractivity contribution in [2.45, 2.75) is 6.92 Å². The number of hydrogen-bond acceptors (Lipinski definition) is 5. The minimum Gasteiger partial charge on any atom is -0.349 e. The molecule has 0 saturated carbocycles. The second-order valence-electron chi connectivity index (χ2n) is 7.46. The zero-order valence-electron chi connectivity index (χ0n) is 16.9. The van der Waals surface area contributed by atoms with E-state index in [0.29, 0.717) is 12.1 Å². The van der Waals surface area contributed by atoms with Crippen LogP contribution in [0.15, 0.2) is 30.3 Å². The molecule has 3 rings (SSSR count). The highest BCUT2D eigenvalue weighted by atomic mass is 32.2. The Bertz CT molecular complexity index is 1010. The number of nitrogens with one attached hydrogen (secondary N) is 2. The molecule has 1 heterocycles. The van der Waals surface area contributed by atoms with Crippen molar-refractivity contribution >= 4 is 27.1 Å². The van der Waals surface area contributed by atoms with Gasteiger partial charge in [0.25, 0.3) is 0 Å². The van der Waals surface area contributed by atoms with Crippen LogP contribution in [-0.4, -0.2) is 63.7 Å². The molecule has 0 aromatic heterocycles. The van der Waals surface area contributed by atoms with Crippen molar-refractivity contribution in [3.8, 4) is 0 Å². The standard InChI is InChI=1S/C20H25F3N4O2S/c1-14-3-5-17(16(22)13-14)24-20-18(6-4-15(21)19(20)23)25-30(28,29)12-11-27-9-7-26(2)8-10-27/h3-6,13,24-25H,7-12H2,1-2H3. The highest BCUT2D eigenvalue weighted by molar-refractivity contribution is 7.92. The van der Waals surface area contributed by atoms with E-state index < -0.39 is 33.2 Å². The van der Waals surface area contributed by atoms with Crippen molar-refractivity contribution in [1.29, 1.82) is 0 Å². The van der Waals surface area contributed by atoms with Crippen LogP contribution in [0.2, 0.25) is 0 Å². The third kappa shape index (κ3) is 5.65. The molecule has 0 unspecified atom stereocenters. The van der Waals surface area contributed by atoms with Crippen molar-refractivity contribution in [1.82, 2.24) is 9.80 Å². The van der Waals surface area contributed by atoms with Crippen LogP contribution in [0.1, 0.15) is 5.56 Å². The summed E-state index contributed by atoms with van der Waals surface area (Å²) in [4.78, 5) is 4.19. The number of anilines is 3. The van der Waals surface area contributed by atoms with Gasteiger partial charge in [-0.1, -0.05) is 6.07 Å². The molecular weight excluding hydrogens is 417 g/mol. The predicted octanol–water partition coefficient (Wildman–Crippen LogP) is 3.15. The minimum absolute atomic E-state index is 0.0945. The maximum atomic E-state index is 14.4. The molecule has 1 aliphatic heterocycles.